The Balaban J connectivity index is 2.15. The van der Waals surface area contributed by atoms with Crippen molar-refractivity contribution in [3.8, 4) is 0 Å². The van der Waals surface area contributed by atoms with Gasteiger partial charge in [-0.1, -0.05) is 47.5 Å². The number of sulfone groups is 1. The fourth-order valence-corrected chi connectivity index (χ4v) is 3.72. The molecule has 2 aromatic carbocycles. The SMILES string of the molecule is O=S(=O)(Cc1cccc(Cl)c1)Cc1cccc(Cl)c1. The van der Waals surface area contributed by atoms with Crippen molar-refractivity contribution in [1.29, 1.82) is 0 Å². The molecule has 0 bridgehead atoms. The maximum absolute atomic E-state index is 12.1. The molecule has 0 spiro atoms. The van der Waals surface area contributed by atoms with Crippen molar-refractivity contribution in [2.45, 2.75) is 11.5 Å². The van der Waals surface area contributed by atoms with E-state index < -0.39 is 9.84 Å². The predicted octanol–water partition coefficient (Wildman–Crippen LogP) is 4.11. The van der Waals surface area contributed by atoms with Crippen LogP contribution >= 0.6 is 23.2 Å². The van der Waals surface area contributed by atoms with Crippen LogP contribution in [0.4, 0.5) is 0 Å². The van der Waals surface area contributed by atoms with Gasteiger partial charge in [-0.15, -0.1) is 0 Å². The maximum Gasteiger partial charge on any atom is 0.158 e. The first-order valence-electron chi connectivity index (χ1n) is 5.64. The zero-order valence-corrected chi connectivity index (χ0v) is 12.3. The molecule has 100 valence electrons. The van der Waals surface area contributed by atoms with E-state index in [1.165, 1.54) is 0 Å². The maximum atomic E-state index is 12.1. The molecule has 0 unspecified atom stereocenters. The largest absolute Gasteiger partial charge is 0.228 e. The molecule has 0 aliphatic heterocycles. The van der Waals surface area contributed by atoms with Gasteiger partial charge >= 0.3 is 0 Å². The van der Waals surface area contributed by atoms with Crippen molar-refractivity contribution in [3.05, 3.63) is 69.7 Å². The molecule has 2 aromatic rings. The zero-order valence-electron chi connectivity index (χ0n) is 10.0. The first kappa shape index (κ1) is 14.4. The lowest BCUT2D eigenvalue weighted by atomic mass is 10.2. The number of hydrogen-bond acceptors (Lipinski definition) is 2. The van der Waals surface area contributed by atoms with E-state index in [-0.39, 0.29) is 11.5 Å². The minimum atomic E-state index is -3.24. The fraction of sp³-hybridized carbons (Fsp3) is 0.143. The highest BCUT2D eigenvalue weighted by atomic mass is 35.5. The normalized spacial score (nSPS) is 11.5. The summed E-state index contributed by atoms with van der Waals surface area (Å²) in [4.78, 5) is 0. The second-order valence-electron chi connectivity index (χ2n) is 4.29. The van der Waals surface area contributed by atoms with Gasteiger partial charge in [0.2, 0.25) is 0 Å². The second kappa shape index (κ2) is 5.95. The summed E-state index contributed by atoms with van der Waals surface area (Å²) < 4.78 is 24.2. The van der Waals surface area contributed by atoms with Crippen molar-refractivity contribution in [3.63, 3.8) is 0 Å². The lowest BCUT2D eigenvalue weighted by Crippen LogP contribution is -2.07. The van der Waals surface area contributed by atoms with E-state index in [1.807, 2.05) is 0 Å². The van der Waals surface area contributed by atoms with Crippen LogP contribution in [0.5, 0.6) is 0 Å². The lowest BCUT2D eigenvalue weighted by Gasteiger charge is -2.05. The summed E-state index contributed by atoms with van der Waals surface area (Å²) in [6.45, 7) is 0. The molecule has 0 radical (unpaired) electrons. The molecule has 0 fully saturated rings. The van der Waals surface area contributed by atoms with Gasteiger partial charge in [-0.25, -0.2) is 8.42 Å². The molecular formula is C14H12Cl2O2S. The standard InChI is InChI=1S/C14H12Cl2O2S/c15-13-5-1-3-11(7-13)9-19(17,18)10-12-4-2-6-14(16)8-12/h1-8H,9-10H2. The van der Waals surface area contributed by atoms with Crippen molar-refractivity contribution in [1.82, 2.24) is 0 Å². The molecule has 0 saturated carbocycles. The van der Waals surface area contributed by atoms with Crippen molar-refractivity contribution >= 4 is 33.0 Å². The summed E-state index contributed by atoms with van der Waals surface area (Å²) in [6.07, 6.45) is 0. The first-order valence-corrected chi connectivity index (χ1v) is 8.22. The van der Waals surface area contributed by atoms with Crippen LogP contribution in [0.1, 0.15) is 11.1 Å². The Bertz CT molecular complexity index is 628. The van der Waals surface area contributed by atoms with Crippen LogP contribution in [-0.4, -0.2) is 8.42 Å². The Morgan fingerprint density at radius 1 is 0.789 bits per heavy atom. The third-order valence-corrected chi connectivity index (χ3v) is 4.57. The molecule has 0 aromatic heterocycles. The monoisotopic (exact) mass is 314 g/mol. The van der Waals surface area contributed by atoms with Gasteiger partial charge < -0.3 is 0 Å². The van der Waals surface area contributed by atoms with Crippen LogP contribution in [0.15, 0.2) is 48.5 Å². The predicted molar refractivity (Wildman–Crippen MR) is 79.2 cm³/mol. The molecule has 0 saturated heterocycles. The highest BCUT2D eigenvalue weighted by Crippen LogP contribution is 2.18. The summed E-state index contributed by atoms with van der Waals surface area (Å²) in [7, 11) is -3.24. The van der Waals surface area contributed by atoms with Crippen LogP contribution in [0, 0.1) is 0 Å². The van der Waals surface area contributed by atoms with Crippen LogP contribution in [0.25, 0.3) is 0 Å². The van der Waals surface area contributed by atoms with E-state index in [9.17, 15) is 8.42 Å². The van der Waals surface area contributed by atoms with Crippen LogP contribution in [0.3, 0.4) is 0 Å². The Morgan fingerprint density at radius 2 is 1.21 bits per heavy atom. The number of halogens is 2. The summed E-state index contributed by atoms with van der Waals surface area (Å²) in [5, 5.41) is 1.07. The van der Waals surface area contributed by atoms with Gasteiger partial charge in [0.25, 0.3) is 0 Å². The van der Waals surface area contributed by atoms with Gasteiger partial charge in [0.1, 0.15) is 0 Å². The third-order valence-electron chi connectivity index (χ3n) is 2.55. The minimum absolute atomic E-state index is 0.0277. The first-order chi connectivity index (χ1) is 8.94. The Labute approximate surface area is 122 Å². The van der Waals surface area contributed by atoms with Crippen molar-refractivity contribution in [2.75, 3.05) is 0 Å². The molecular weight excluding hydrogens is 303 g/mol. The van der Waals surface area contributed by atoms with Gasteiger partial charge in [0.05, 0.1) is 11.5 Å². The number of rotatable bonds is 4. The molecule has 2 nitrogen and oxygen atoms in total. The van der Waals surface area contributed by atoms with Crippen LogP contribution in [0.2, 0.25) is 10.0 Å². The van der Waals surface area contributed by atoms with Gasteiger partial charge in [0.15, 0.2) is 9.84 Å². The van der Waals surface area contributed by atoms with Crippen LogP contribution in [-0.2, 0) is 21.3 Å². The fourth-order valence-electron chi connectivity index (χ4n) is 1.81. The smallest absolute Gasteiger partial charge is 0.158 e. The summed E-state index contributed by atoms with van der Waals surface area (Å²) in [5.41, 5.74) is 1.38. The topological polar surface area (TPSA) is 34.1 Å². The van der Waals surface area contributed by atoms with Gasteiger partial charge in [-0.3, -0.25) is 0 Å². The van der Waals surface area contributed by atoms with Crippen molar-refractivity contribution < 1.29 is 8.42 Å². The molecule has 0 N–H and O–H groups in total. The summed E-state index contributed by atoms with van der Waals surface area (Å²) in [6, 6.07) is 13.7. The van der Waals surface area contributed by atoms with E-state index in [0.717, 1.165) is 0 Å². The average molecular weight is 315 g/mol. The molecule has 0 heterocycles. The summed E-state index contributed by atoms with van der Waals surface area (Å²) in [5.74, 6) is -0.0554. The van der Waals surface area contributed by atoms with Gasteiger partial charge in [0, 0.05) is 10.0 Å². The molecule has 2 rings (SSSR count). The quantitative estimate of drug-likeness (QED) is 0.851. The molecule has 0 aliphatic rings. The average Bonchev–Trinajstić information content (AvgIpc) is 2.27. The Hall–Kier alpha value is -1.03. The molecule has 5 heteroatoms. The Morgan fingerprint density at radius 3 is 1.58 bits per heavy atom. The molecule has 19 heavy (non-hydrogen) atoms. The van der Waals surface area contributed by atoms with Crippen LogP contribution < -0.4 is 0 Å². The minimum Gasteiger partial charge on any atom is -0.228 e. The highest BCUT2D eigenvalue weighted by molar-refractivity contribution is 7.89. The summed E-state index contributed by atoms with van der Waals surface area (Å²) >= 11 is 11.7. The molecule has 0 atom stereocenters. The van der Waals surface area contributed by atoms with E-state index in [4.69, 9.17) is 23.2 Å². The van der Waals surface area contributed by atoms with E-state index in [2.05, 4.69) is 0 Å². The van der Waals surface area contributed by atoms with E-state index in [1.54, 1.807) is 48.5 Å². The third kappa shape index (κ3) is 4.53. The molecule has 0 aliphatic carbocycles. The lowest BCUT2D eigenvalue weighted by molar-refractivity contribution is 0.594. The van der Waals surface area contributed by atoms with Gasteiger partial charge in [-0.05, 0) is 35.4 Å². The zero-order chi connectivity index (χ0) is 13.9. The number of benzene rings is 2. The van der Waals surface area contributed by atoms with Gasteiger partial charge in [-0.2, -0.15) is 0 Å². The number of hydrogen-bond donors (Lipinski definition) is 0. The van der Waals surface area contributed by atoms with E-state index in [0.29, 0.717) is 21.2 Å². The van der Waals surface area contributed by atoms with Crippen molar-refractivity contribution in [2.24, 2.45) is 0 Å². The molecule has 0 amide bonds. The highest BCUT2D eigenvalue weighted by Gasteiger charge is 2.13. The second-order valence-corrected chi connectivity index (χ2v) is 7.23. The Kier molecular flexibility index (Phi) is 4.50. The van der Waals surface area contributed by atoms with E-state index >= 15 is 0 Å².